The molecule has 0 saturated carbocycles. The van der Waals surface area contributed by atoms with E-state index in [2.05, 4.69) is 23.8 Å². The van der Waals surface area contributed by atoms with Gasteiger partial charge in [-0.05, 0) is 5.25 Å². The third-order valence-electron chi connectivity index (χ3n) is 1.69. The lowest BCUT2D eigenvalue weighted by Crippen LogP contribution is -2.15. The molecule has 17 heavy (non-hydrogen) atoms. The standard InChI is InChI=1S/C10H15N3O2S2/c1-6(2)16-4-7-3-9(15)13-10(12-7)17-5-8(11)14/h3,6H,4-5H2,1-2H3,(H2,11,14)(H,12,13,15). The van der Waals surface area contributed by atoms with E-state index in [1.165, 1.54) is 6.07 Å². The molecule has 0 aliphatic carbocycles. The van der Waals surface area contributed by atoms with Crippen LogP contribution < -0.4 is 11.3 Å². The van der Waals surface area contributed by atoms with E-state index in [4.69, 9.17) is 5.73 Å². The molecule has 0 spiro atoms. The highest BCUT2D eigenvalue weighted by Gasteiger charge is 2.05. The molecule has 0 saturated heterocycles. The Hall–Kier alpha value is -0.950. The van der Waals surface area contributed by atoms with Gasteiger partial charge in [0.2, 0.25) is 5.91 Å². The molecule has 0 atom stereocenters. The van der Waals surface area contributed by atoms with Crippen LogP contribution in [0.25, 0.3) is 0 Å². The zero-order valence-electron chi connectivity index (χ0n) is 9.73. The molecule has 1 amide bonds. The summed E-state index contributed by atoms with van der Waals surface area (Å²) in [5.41, 5.74) is 5.55. The lowest BCUT2D eigenvalue weighted by Gasteiger charge is -2.05. The lowest BCUT2D eigenvalue weighted by molar-refractivity contribution is -0.115. The van der Waals surface area contributed by atoms with E-state index in [1.807, 2.05) is 0 Å². The van der Waals surface area contributed by atoms with Gasteiger partial charge in [-0.2, -0.15) is 11.8 Å². The van der Waals surface area contributed by atoms with Crippen LogP contribution in [-0.4, -0.2) is 26.9 Å². The van der Waals surface area contributed by atoms with E-state index >= 15 is 0 Å². The predicted octanol–water partition coefficient (Wildman–Crippen LogP) is 0.989. The number of aromatic nitrogens is 2. The first-order valence-electron chi connectivity index (χ1n) is 5.10. The summed E-state index contributed by atoms with van der Waals surface area (Å²) in [7, 11) is 0. The minimum Gasteiger partial charge on any atom is -0.369 e. The molecule has 1 heterocycles. The van der Waals surface area contributed by atoms with Crippen molar-refractivity contribution in [2.45, 2.75) is 30.0 Å². The van der Waals surface area contributed by atoms with Gasteiger partial charge >= 0.3 is 0 Å². The van der Waals surface area contributed by atoms with Gasteiger partial charge in [0.05, 0.1) is 11.4 Å². The Kier molecular flexibility index (Phi) is 5.57. The summed E-state index contributed by atoms with van der Waals surface area (Å²) in [6, 6.07) is 1.48. The average Bonchev–Trinajstić information content (AvgIpc) is 2.23. The summed E-state index contributed by atoms with van der Waals surface area (Å²) in [4.78, 5) is 28.8. The summed E-state index contributed by atoms with van der Waals surface area (Å²) in [5, 5.41) is 0.925. The maximum absolute atomic E-state index is 11.4. The van der Waals surface area contributed by atoms with Crippen molar-refractivity contribution in [2.24, 2.45) is 5.73 Å². The molecule has 3 N–H and O–H groups in total. The number of nitrogens with zero attached hydrogens (tertiary/aromatic N) is 1. The molecule has 94 valence electrons. The number of aromatic amines is 1. The molecular weight excluding hydrogens is 258 g/mol. The van der Waals surface area contributed by atoms with Gasteiger partial charge in [0.1, 0.15) is 0 Å². The van der Waals surface area contributed by atoms with E-state index in [-0.39, 0.29) is 11.3 Å². The van der Waals surface area contributed by atoms with Crippen LogP contribution >= 0.6 is 23.5 Å². The molecule has 0 aliphatic rings. The van der Waals surface area contributed by atoms with Crippen molar-refractivity contribution in [1.82, 2.24) is 9.97 Å². The molecule has 0 unspecified atom stereocenters. The molecule has 1 aromatic heterocycles. The van der Waals surface area contributed by atoms with Crippen LogP contribution in [0.4, 0.5) is 0 Å². The first-order chi connectivity index (χ1) is 7.97. The van der Waals surface area contributed by atoms with Crippen molar-refractivity contribution in [3.8, 4) is 0 Å². The van der Waals surface area contributed by atoms with Crippen molar-refractivity contribution in [1.29, 1.82) is 0 Å². The minimum absolute atomic E-state index is 0.115. The number of thioether (sulfide) groups is 2. The van der Waals surface area contributed by atoms with E-state index in [9.17, 15) is 9.59 Å². The number of carbonyl (C=O) groups is 1. The number of primary amides is 1. The summed E-state index contributed by atoms with van der Waals surface area (Å²) in [6.07, 6.45) is 0. The number of nitrogens with one attached hydrogen (secondary N) is 1. The zero-order chi connectivity index (χ0) is 12.8. The predicted molar refractivity (Wildman–Crippen MR) is 71.2 cm³/mol. The fourth-order valence-corrected chi connectivity index (χ4v) is 2.30. The van der Waals surface area contributed by atoms with Crippen molar-refractivity contribution >= 4 is 29.4 Å². The van der Waals surface area contributed by atoms with E-state index in [1.54, 1.807) is 11.8 Å². The quantitative estimate of drug-likeness (QED) is 0.596. The number of rotatable bonds is 6. The minimum atomic E-state index is -0.431. The topological polar surface area (TPSA) is 88.8 Å². The highest BCUT2D eigenvalue weighted by Crippen LogP contribution is 2.16. The molecule has 1 rings (SSSR count). The van der Waals surface area contributed by atoms with E-state index in [0.717, 1.165) is 17.5 Å². The summed E-state index contributed by atoms with van der Waals surface area (Å²) < 4.78 is 0. The van der Waals surface area contributed by atoms with Crippen LogP contribution in [0.15, 0.2) is 16.0 Å². The Balaban J connectivity index is 2.72. The third-order valence-corrected chi connectivity index (χ3v) is 3.71. The maximum Gasteiger partial charge on any atom is 0.251 e. The summed E-state index contributed by atoms with van der Waals surface area (Å²) in [6.45, 7) is 4.17. The van der Waals surface area contributed by atoms with E-state index < -0.39 is 5.91 Å². The van der Waals surface area contributed by atoms with Crippen LogP contribution in [0.1, 0.15) is 19.5 Å². The highest BCUT2D eigenvalue weighted by molar-refractivity contribution is 7.99. The van der Waals surface area contributed by atoms with Gasteiger partial charge in [0, 0.05) is 11.8 Å². The van der Waals surface area contributed by atoms with Crippen molar-refractivity contribution < 1.29 is 4.79 Å². The van der Waals surface area contributed by atoms with Gasteiger partial charge in [0.25, 0.3) is 5.56 Å². The molecule has 5 nitrogen and oxygen atoms in total. The van der Waals surface area contributed by atoms with Crippen molar-refractivity contribution in [3.05, 3.63) is 22.1 Å². The first-order valence-corrected chi connectivity index (χ1v) is 7.13. The van der Waals surface area contributed by atoms with Crippen LogP contribution in [0.2, 0.25) is 0 Å². The number of amides is 1. The smallest absolute Gasteiger partial charge is 0.251 e. The van der Waals surface area contributed by atoms with Crippen LogP contribution in [-0.2, 0) is 10.5 Å². The summed E-state index contributed by atoms with van der Waals surface area (Å²) >= 11 is 2.85. The molecule has 0 bridgehead atoms. The number of hydrogen-bond donors (Lipinski definition) is 2. The Bertz CT molecular complexity index is 445. The Morgan fingerprint density at radius 3 is 2.88 bits per heavy atom. The monoisotopic (exact) mass is 273 g/mol. The second kappa shape index (κ2) is 6.70. The zero-order valence-corrected chi connectivity index (χ0v) is 11.4. The van der Waals surface area contributed by atoms with Gasteiger partial charge in [-0.15, -0.1) is 0 Å². The van der Waals surface area contributed by atoms with Gasteiger partial charge < -0.3 is 10.7 Å². The molecule has 0 aliphatic heterocycles. The van der Waals surface area contributed by atoms with Crippen LogP contribution in [0.5, 0.6) is 0 Å². The van der Waals surface area contributed by atoms with Crippen LogP contribution in [0, 0.1) is 0 Å². The fourth-order valence-electron chi connectivity index (χ4n) is 1.02. The Morgan fingerprint density at radius 1 is 1.59 bits per heavy atom. The number of carbonyl (C=O) groups excluding carboxylic acids is 1. The Morgan fingerprint density at radius 2 is 2.29 bits per heavy atom. The average molecular weight is 273 g/mol. The number of nitrogens with two attached hydrogens (primary N) is 1. The fraction of sp³-hybridized carbons (Fsp3) is 0.500. The van der Waals surface area contributed by atoms with Crippen molar-refractivity contribution in [3.63, 3.8) is 0 Å². The van der Waals surface area contributed by atoms with Gasteiger partial charge in [-0.1, -0.05) is 25.6 Å². The molecule has 0 fully saturated rings. The lowest BCUT2D eigenvalue weighted by atomic mass is 10.4. The van der Waals surface area contributed by atoms with Crippen LogP contribution in [0.3, 0.4) is 0 Å². The summed E-state index contributed by atoms with van der Waals surface area (Å²) in [5.74, 6) is 0.370. The van der Waals surface area contributed by atoms with E-state index in [0.29, 0.717) is 16.2 Å². The normalized spacial score (nSPS) is 10.8. The molecule has 1 aromatic rings. The molecule has 0 radical (unpaired) electrons. The first kappa shape index (κ1) is 14.1. The largest absolute Gasteiger partial charge is 0.369 e. The molecule has 0 aromatic carbocycles. The van der Waals surface area contributed by atoms with Gasteiger partial charge in [-0.3, -0.25) is 9.59 Å². The Labute approximate surface area is 108 Å². The number of hydrogen-bond acceptors (Lipinski definition) is 5. The number of H-pyrrole nitrogens is 1. The maximum atomic E-state index is 11.4. The molecule has 7 heteroatoms. The molecular formula is C10H15N3O2S2. The highest BCUT2D eigenvalue weighted by atomic mass is 32.2. The SMILES string of the molecule is CC(C)SCc1cc(=O)[nH]c(SCC(N)=O)n1. The van der Waals surface area contributed by atoms with Crippen molar-refractivity contribution in [2.75, 3.05) is 5.75 Å². The van der Waals surface area contributed by atoms with Gasteiger partial charge in [-0.25, -0.2) is 4.98 Å². The van der Waals surface area contributed by atoms with Gasteiger partial charge in [0.15, 0.2) is 5.16 Å². The second-order valence-corrected chi connectivity index (χ2v) is 6.19. The third kappa shape index (κ3) is 5.78. The second-order valence-electron chi connectivity index (χ2n) is 3.66.